The van der Waals surface area contributed by atoms with E-state index in [1.54, 1.807) is 13.3 Å². The number of nitrogens with one attached hydrogen (secondary N) is 3. The van der Waals surface area contributed by atoms with Gasteiger partial charge in [-0.2, -0.15) is 4.98 Å². The number of fused-ring (bicyclic) bond motifs is 1. The molecule has 0 spiro atoms. The standard InChI is InChI=1S/C16H20N6O/c1-17-8-9-18-15-5-7-19-16(20-15)22-10-6-12-11-13(21-23-2)3-4-14(12)22/h3-7,10-11,17,21H,8-9H2,1-2H3,(H,18,19,20). The highest BCUT2D eigenvalue weighted by molar-refractivity contribution is 5.84. The summed E-state index contributed by atoms with van der Waals surface area (Å²) < 4.78 is 1.97. The molecule has 1 aromatic carbocycles. The number of nitrogens with zero attached hydrogens (tertiary/aromatic N) is 3. The Balaban J connectivity index is 1.89. The van der Waals surface area contributed by atoms with E-state index in [0.29, 0.717) is 5.95 Å². The summed E-state index contributed by atoms with van der Waals surface area (Å²) in [5, 5.41) is 7.45. The van der Waals surface area contributed by atoms with Crippen molar-refractivity contribution in [3.05, 3.63) is 42.7 Å². The van der Waals surface area contributed by atoms with Crippen LogP contribution in [0.4, 0.5) is 11.5 Å². The van der Waals surface area contributed by atoms with Gasteiger partial charge in [-0.25, -0.2) is 4.98 Å². The molecule has 0 unspecified atom stereocenters. The van der Waals surface area contributed by atoms with E-state index in [2.05, 4.69) is 26.1 Å². The first-order valence-corrected chi connectivity index (χ1v) is 7.44. The highest BCUT2D eigenvalue weighted by atomic mass is 16.6. The van der Waals surface area contributed by atoms with E-state index in [1.807, 2.05) is 48.1 Å². The lowest BCUT2D eigenvalue weighted by Gasteiger charge is -2.08. The Labute approximate surface area is 134 Å². The van der Waals surface area contributed by atoms with Crippen LogP contribution in [0.15, 0.2) is 42.7 Å². The van der Waals surface area contributed by atoms with Gasteiger partial charge in [0.25, 0.3) is 0 Å². The van der Waals surface area contributed by atoms with Crippen LogP contribution in [0.1, 0.15) is 0 Å². The fraction of sp³-hybridized carbons (Fsp3) is 0.250. The van der Waals surface area contributed by atoms with Crippen molar-refractivity contribution in [2.24, 2.45) is 0 Å². The molecule has 0 atom stereocenters. The Hall–Kier alpha value is -2.64. The first-order chi connectivity index (χ1) is 11.3. The first-order valence-electron chi connectivity index (χ1n) is 7.44. The van der Waals surface area contributed by atoms with E-state index >= 15 is 0 Å². The summed E-state index contributed by atoms with van der Waals surface area (Å²) in [6.07, 6.45) is 3.73. The third-order valence-electron chi connectivity index (χ3n) is 3.45. The zero-order valence-corrected chi connectivity index (χ0v) is 13.2. The molecule has 0 fully saturated rings. The number of hydrogen-bond acceptors (Lipinski definition) is 6. The number of rotatable bonds is 7. The van der Waals surface area contributed by atoms with Gasteiger partial charge in [-0.1, -0.05) is 0 Å². The van der Waals surface area contributed by atoms with Gasteiger partial charge >= 0.3 is 0 Å². The van der Waals surface area contributed by atoms with Gasteiger partial charge in [0.05, 0.1) is 18.3 Å². The second-order valence-electron chi connectivity index (χ2n) is 5.04. The van der Waals surface area contributed by atoms with Crippen LogP contribution < -0.4 is 16.1 Å². The lowest BCUT2D eigenvalue weighted by atomic mass is 10.2. The van der Waals surface area contributed by atoms with E-state index in [1.165, 1.54) is 0 Å². The Kier molecular flexibility index (Phi) is 4.70. The fourth-order valence-electron chi connectivity index (χ4n) is 2.38. The molecule has 3 aromatic rings. The Morgan fingerprint density at radius 3 is 2.91 bits per heavy atom. The number of benzene rings is 1. The Bertz CT molecular complexity index is 785. The van der Waals surface area contributed by atoms with Gasteiger partial charge in [-0.3, -0.25) is 14.9 Å². The molecule has 2 heterocycles. The smallest absolute Gasteiger partial charge is 0.236 e. The predicted octanol–water partition coefficient (Wildman–Crippen LogP) is 2.03. The van der Waals surface area contributed by atoms with Crippen molar-refractivity contribution in [3.63, 3.8) is 0 Å². The molecule has 23 heavy (non-hydrogen) atoms. The molecule has 120 valence electrons. The SMILES string of the molecule is CNCCNc1ccnc(-n2ccc3cc(NOC)ccc32)n1. The van der Waals surface area contributed by atoms with Crippen molar-refractivity contribution in [2.45, 2.75) is 0 Å². The molecule has 3 rings (SSSR count). The van der Waals surface area contributed by atoms with Gasteiger partial charge in [0.1, 0.15) is 5.82 Å². The van der Waals surface area contributed by atoms with Gasteiger partial charge in [-0.15, -0.1) is 0 Å². The third kappa shape index (κ3) is 3.41. The lowest BCUT2D eigenvalue weighted by molar-refractivity contribution is 0.271. The summed E-state index contributed by atoms with van der Waals surface area (Å²) in [5.41, 5.74) is 4.77. The normalized spacial score (nSPS) is 10.9. The minimum atomic E-state index is 0.641. The second kappa shape index (κ2) is 7.08. The van der Waals surface area contributed by atoms with Crippen molar-refractivity contribution in [1.82, 2.24) is 19.9 Å². The van der Waals surface area contributed by atoms with Crippen molar-refractivity contribution >= 4 is 22.4 Å². The van der Waals surface area contributed by atoms with Crippen molar-refractivity contribution in [1.29, 1.82) is 0 Å². The van der Waals surface area contributed by atoms with Gasteiger partial charge in [0.2, 0.25) is 5.95 Å². The van der Waals surface area contributed by atoms with E-state index < -0.39 is 0 Å². The monoisotopic (exact) mass is 312 g/mol. The van der Waals surface area contributed by atoms with Crippen LogP contribution in [0.2, 0.25) is 0 Å². The summed E-state index contributed by atoms with van der Waals surface area (Å²) in [7, 11) is 3.52. The quantitative estimate of drug-likeness (QED) is 0.458. The molecule has 0 radical (unpaired) electrons. The van der Waals surface area contributed by atoms with Gasteiger partial charge < -0.3 is 10.6 Å². The lowest BCUT2D eigenvalue weighted by Crippen LogP contribution is -2.18. The average molecular weight is 312 g/mol. The number of hydrogen-bond donors (Lipinski definition) is 3. The third-order valence-corrected chi connectivity index (χ3v) is 3.45. The topological polar surface area (TPSA) is 76.0 Å². The molecule has 7 nitrogen and oxygen atoms in total. The number of likely N-dealkylation sites (N-methyl/N-ethyl adjacent to an activating group) is 1. The molecule has 3 N–H and O–H groups in total. The van der Waals surface area contributed by atoms with Gasteiger partial charge in [-0.05, 0) is 37.4 Å². The van der Waals surface area contributed by atoms with Crippen LogP contribution in [-0.2, 0) is 4.84 Å². The maximum Gasteiger partial charge on any atom is 0.236 e. The first kappa shape index (κ1) is 15.3. The molecule has 7 heteroatoms. The Morgan fingerprint density at radius 1 is 1.17 bits per heavy atom. The van der Waals surface area contributed by atoms with E-state index in [0.717, 1.165) is 35.5 Å². The van der Waals surface area contributed by atoms with E-state index in [-0.39, 0.29) is 0 Å². The molecule has 0 aliphatic rings. The number of aromatic nitrogens is 3. The molecule has 0 saturated carbocycles. The Morgan fingerprint density at radius 2 is 2.09 bits per heavy atom. The van der Waals surface area contributed by atoms with Crippen LogP contribution in [0.3, 0.4) is 0 Å². The summed E-state index contributed by atoms with van der Waals surface area (Å²) in [4.78, 5) is 13.9. The second-order valence-corrected chi connectivity index (χ2v) is 5.04. The summed E-state index contributed by atoms with van der Waals surface area (Å²) >= 11 is 0. The zero-order chi connectivity index (χ0) is 16.1. The maximum atomic E-state index is 4.94. The fourth-order valence-corrected chi connectivity index (χ4v) is 2.38. The molecule has 0 amide bonds. The summed E-state index contributed by atoms with van der Waals surface area (Å²) in [6.45, 7) is 1.69. The summed E-state index contributed by atoms with van der Waals surface area (Å²) in [6, 6.07) is 9.88. The van der Waals surface area contributed by atoms with Gasteiger partial charge in [0, 0.05) is 30.9 Å². The van der Waals surface area contributed by atoms with Crippen LogP contribution in [0, 0.1) is 0 Å². The average Bonchev–Trinajstić information content (AvgIpc) is 2.99. The highest BCUT2D eigenvalue weighted by Gasteiger charge is 2.07. The van der Waals surface area contributed by atoms with Gasteiger partial charge in [0.15, 0.2) is 0 Å². The molecular weight excluding hydrogens is 292 g/mol. The molecule has 0 aliphatic carbocycles. The van der Waals surface area contributed by atoms with Crippen LogP contribution in [0.25, 0.3) is 16.9 Å². The number of anilines is 2. The molecular formula is C16H20N6O. The van der Waals surface area contributed by atoms with Crippen molar-refractivity contribution < 1.29 is 4.84 Å². The van der Waals surface area contributed by atoms with Crippen LogP contribution in [0.5, 0.6) is 0 Å². The van der Waals surface area contributed by atoms with Crippen molar-refractivity contribution in [2.75, 3.05) is 38.0 Å². The minimum Gasteiger partial charge on any atom is -0.369 e. The molecule has 0 aliphatic heterocycles. The molecule has 0 bridgehead atoms. The zero-order valence-electron chi connectivity index (χ0n) is 13.2. The van der Waals surface area contributed by atoms with E-state index in [4.69, 9.17) is 4.84 Å². The molecule has 0 saturated heterocycles. The van der Waals surface area contributed by atoms with Crippen LogP contribution in [-0.4, -0.2) is 41.8 Å². The maximum absolute atomic E-state index is 4.94. The molecule has 2 aromatic heterocycles. The summed E-state index contributed by atoms with van der Waals surface area (Å²) in [5.74, 6) is 1.45. The van der Waals surface area contributed by atoms with Crippen molar-refractivity contribution in [3.8, 4) is 5.95 Å². The highest BCUT2D eigenvalue weighted by Crippen LogP contribution is 2.22. The predicted molar refractivity (Wildman–Crippen MR) is 91.9 cm³/mol. The minimum absolute atomic E-state index is 0.641. The largest absolute Gasteiger partial charge is 0.369 e. The van der Waals surface area contributed by atoms with Crippen LogP contribution >= 0.6 is 0 Å². The van der Waals surface area contributed by atoms with E-state index in [9.17, 15) is 0 Å².